The Balaban J connectivity index is 1.64. The maximum absolute atomic E-state index is 13.9. The Morgan fingerprint density at radius 1 is 1.30 bits per heavy atom. The number of methoxy groups -OCH3 is 1. The number of likely N-dealkylation sites (tertiary alicyclic amines) is 1. The van der Waals surface area contributed by atoms with Crippen molar-refractivity contribution in [2.24, 2.45) is 11.8 Å². The highest BCUT2D eigenvalue weighted by Gasteiger charge is 2.38. The molecule has 0 bridgehead atoms. The van der Waals surface area contributed by atoms with Gasteiger partial charge in [0.2, 0.25) is 0 Å². The van der Waals surface area contributed by atoms with Crippen LogP contribution in [0, 0.1) is 17.7 Å². The fraction of sp³-hybridized carbons (Fsp3) is 0.588. The summed E-state index contributed by atoms with van der Waals surface area (Å²) < 4.78 is 24.1. The molecule has 126 valence electrons. The number of halogens is 1. The van der Waals surface area contributed by atoms with Crippen molar-refractivity contribution >= 4 is 5.91 Å². The normalized spacial score (nSPS) is 23.3. The van der Waals surface area contributed by atoms with Gasteiger partial charge in [-0.1, -0.05) is 0 Å². The minimum absolute atomic E-state index is 0.0162. The number of hydrogen-bond acceptors (Lipinski definition) is 4. The van der Waals surface area contributed by atoms with Gasteiger partial charge >= 0.3 is 0 Å². The molecule has 3 rings (SSSR count). The van der Waals surface area contributed by atoms with Crippen molar-refractivity contribution in [2.45, 2.75) is 6.61 Å². The molecule has 0 aliphatic carbocycles. The zero-order valence-corrected chi connectivity index (χ0v) is 13.4. The van der Waals surface area contributed by atoms with E-state index in [4.69, 9.17) is 9.47 Å². The van der Waals surface area contributed by atoms with E-state index in [1.54, 1.807) is 19.2 Å². The van der Waals surface area contributed by atoms with Gasteiger partial charge in [-0.3, -0.25) is 4.79 Å². The number of rotatable bonds is 6. The van der Waals surface area contributed by atoms with E-state index in [2.05, 4.69) is 5.32 Å². The van der Waals surface area contributed by atoms with E-state index in [1.807, 2.05) is 4.90 Å². The van der Waals surface area contributed by atoms with Crippen molar-refractivity contribution in [1.29, 1.82) is 0 Å². The van der Waals surface area contributed by atoms with Gasteiger partial charge < -0.3 is 19.7 Å². The third-order valence-electron chi connectivity index (χ3n) is 4.66. The predicted octanol–water partition coefficient (Wildman–Crippen LogP) is 1.28. The maximum Gasteiger partial charge on any atom is 0.253 e. The second-order valence-corrected chi connectivity index (χ2v) is 6.24. The van der Waals surface area contributed by atoms with Gasteiger partial charge in [0.15, 0.2) is 0 Å². The Morgan fingerprint density at radius 3 is 2.74 bits per heavy atom. The molecule has 2 aliphatic rings. The van der Waals surface area contributed by atoms with Crippen LogP contribution >= 0.6 is 0 Å². The second kappa shape index (κ2) is 7.38. The van der Waals surface area contributed by atoms with Crippen LogP contribution in [0.1, 0.15) is 15.9 Å². The lowest BCUT2D eigenvalue weighted by atomic mass is 10.0. The van der Waals surface area contributed by atoms with Crippen molar-refractivity contribution in [3.63, 3.8) is 0 Å². The van der Waals surface area contributed by atoms with Crippen molar-refractivity contribution in [3.8, 4) is 0 Å². The highest BCUT2D eigenvalue weighted by Crippen LogP contribution is 2.27. The zero-order chi connectivity index (χ0) is 16.2. The van der Waals surface area contributed by atoms with Crippen molar-refractivity contribution in [3.05, 3.63) is 35.1 Å². The first-order valence-corrected chi connectivity index (χ1v) is 8.04. The molecule has 1 aromatic rings. The molecule has 2 saturated heterocycles. The van der Waals surface area contributed by atoms with Crippen molar-refractivity contribution in [2.75, 3.05) is 46.5 Å². The lowest BCUT2D eigenvalue weighted by molar-refractivity contribution is 0.0603. The summed E-state index contributed by atoms with van der Waals surface area (Å²) in [5, 5.41) is 3.36. The molecule has 1 aromatic carbocycles. The predicted molar refractivity (Wildman–Crippen MR) is 83.7 cm³/mol. The second-order valence-electron chi connectivity index (χ2n) is 6.24. The summed E-state index contributed by atoms with van der Waals surface area (Å²) in [6.07, 6.45) is 0. The number of carbonyl (C=O) groups excluding carboxylic acids is 1. The molecule has 2 heterocycles. The lowest BCUT2D eigenvalue weighted by Crippen LogP contribution is -2.32. The van der Waals surface area contributed by atoms with Crippen molar-refractivity contribution < 1.29 is 18.7 Å². The van der Waals surface area contributed by atoms with E-state index >= 15 is 0 Å². The van der Waals surface area contributed by atoms with Gasteiger partial charge in [-0.2, -0.15) is 0 Å². The number of nitrogens with zero attached hydrogens (tertiary/aromatic N) is 1. The molecule has 2 fully saturated rings. The van der Waals surface area contributed by atoms with E-state index in [0.29, 0.717) is 36.2 Å². The molecule has 0 radical (unpaired) electrons. The minimum Gasteiger partial charge on any atom is -0.382 e. The molecular weight excluding hydrogens is 299 g/mol. The number of amides is 1. The molecule has 23 heavy (non-hydrogen) atoms. The quantitative estimate of drug-likeness (QED) is 0.802. The number of benzene rings is 1. The molecule has 6 heteroatoms. The van der Waals surface area contributed by atoms with Crippen LogP contribution in [0.3, 0.4) is 0 Å². The average Bonchev–Trinajstić information content (AvgIpc) is 3.14. The Morgan fingerprint density at radius 2 is 2.04 bits per heavy atom. The fourth-order valence-corrected chi connectivity index (χ4v) is 3.35. The summed E-state index contributed by atoms with van der Waals surface area (Å²) in [4.78, 5) is 14.5. The van der Waals surface area contributed by atoms with Crippen LogP contribution in [0.4, 0.5) is 4.39 Å². The SMILES string of the molecule is COCCOCc1cc(C(=O)N2C[C@H]3CNC[C@H]3C2)ccc1F. The average molecular weight is 322 g/mol. The van der Waals surface area contributed by atoms with Gasteiger partial charge in [-0.15, -0.1) is 0 Å². The Labute approximate surface area is 135 Å². The largest absolute Gasteiger partial charge is 0.382 e. The summed E-state index contributed by atoms with van der Waals surface area (Å²) in [5.74, 6) is 0.742. The monoisotopic (exact) mass is 322 g/mol. The molecule has 0 spiro atoms. The smallest absolute Gasteiger partial charge is 0.253 e. The number of fused-ring (bicyclic) bond motifs is 1. The third-order valence-corrected chi connectivity index (χ3v) is 4.66. The molecule has 0 unspecified atom stereocenters. The van der Waals surface area contributed by atoms with Gasteiger partial charge in [0.25, 0.3) is 5.91 Å². The third kappa shape index (κ3) is 3.71. The highest BCUT2D eigenvalue weighted by molar-refractivity contribution is 5.94. The Kier molecular flexibility index (Phi) is 5.25. The van der Waals surface area contributed by atoms with E-state index in [9.17, 15) is 9.18 Å². The first-order valence-electron chi connectivity index (χ1n) is 8.04. The Hall–Kier alpha value is -1.50. The van der Waals surface area contributed by atoms with E-state index in [1.165, 1.54) is 6.07 Å². The fourth-order valence-electron chi connectivity index (χ4n) is 3.35. The van der Waals surface area contributed by atoms with Crippen molar-refractivity contribution in [1.82, 2.24) is 10.2 Å². The number of hydrogen-bond donors (Lipinski definition) is 1. The molecule has 2 aliphatic heterocycles. The van der Waals surface area contributed by atoms with Crippen LogP contribution in [0.5, 0.6) is 0 Å². The maximum atomic E-state index is 13.9. The lowest BCUT2D eigenvalue weighted by Gasteiger charge is -2.18. The highest BCUT2D eigenvalue weighted by atomic mass is 19.1. The topological polar surface area (TPSA) is 50.8 Å². The van der Waals surface area contributed by atoms with Gasteiger partial charge in [0.05, 0.1) is 19.8 Å². The molecule has 0 saturated carbocycles. The minimum atomic E-state index is -0.346. The van der Waals surface area contributed by atoms with Crippen LogP contribution < -0.4 is 5.32 Å². The number of nitrogens with one attached hydrogen (secondary N) is 1. The van der Waals surface area contributed by atoms with Crippen LogP contribution in [-0.2, 0) is 16.1 Å². The van der Waals surface area contributed by atoms with Crippen LogP contribution in [0.15, 0.2) is 18.2 Å². The van der Waals surface area contributed by atoms with Gasteiger partial charge in [-0.25, -0.2) is 4.39 Å². The standard InChI is InChI=1S/C17H23FN2O3/c1-22-4-5-23-11-13-6-12(2-3-16(13)18)17(21)20-9-14-7-19-8-15(14)10-20/h2-3,6,14-15,19H,4-5,7-11H2,1H3/t14-,15+. The summed E-state index contributed by atoms with van der Waals surface area (Å²) in [6, 6.07) is 4.51. The van der Waals surface area contributed by atoms with Gasteiger partial charge in [0, 0.05) is 44.4 Å². The zero-order valence-electron chi connectivity index (χ0n) is 13.4. The molecular formula is C17H23FN2O3. The first kappa shape index (κ1) is 16.4. The summed E-state index contributed by atoms with van der Waals surface area (Å²) in [6.45, 7) is 4.54. The molecule has 2 atom stereocenters. The van der Waals surface area contributed by atoms with Crippen LogP contribution in [-0.4, -0.2) is 57.3 Å². The number of carbonyl (C=O) groups is 1. The Bertz CT molecular complexity index is 555. The van der Waals surface area contributed by atoms with E-state index in [0.717, 1.165) is 26.2 Å². The summed E-state index contributed by atoms with van der Waals surface area (Å²) in [5.41, 5.74) is 0.942. The van der Waals surface area contributed by atoms with E-state index < -0.39 is 0 Å². The van der Waals surface area contributed by atoms with Gasteiger partial charge in [-0.05, 0) is 30.0 Å². The first-order chi connectivity index (χ1) is 11.2. The van der Waals surface area contributed by atoms with Crippen LogP contribution in [0.25, 0.3) is 0 Å². The van der Waals surface area contributed by atoms with Gasteiger partial charge in [0.1, 0.15) is 5.82 Å². The van der Waals surface area contributed by atoms with E-state index in [-0.39, 0.29) is 18.3 Å². The van der Waals surface area contributed by atoms with Crippen LogP contribution in [0.2, 0.25) is 0 Å². The molecule has 5 nitrogen and oxygen atoms in total. The summed E-state index contributed by atoms with van der Waals surface area (Å²) >= 11 is 0. The summed E-state index contributed by atoms with van der Waals surface area (Å²) in [7, 11) is 1.59. The number of ether oxygens (including phenoxy) is 2. The molecule has 1 N–H and O–H groups in total. The molecule has 1 amide bonds. The molecule has 0 aromatic heterocycles.